The standard InChI is InChI=1S/C17H10ClN3O/c18-13-3-4-14-15(10-21-16(14)7-13)17(22)12(8-19)6-11-2-1-5-20-9-11/h1-7,9-10,21H/b12-6+. The molecule has 0 saturated carbocycles. The van der Waals surface area contributed by atoms with Crippen LogP contribution in [0.4, 0.5) is 0 Å². The van der Waals surface area contributed by atoms with Crippen LogP contribution in [0.1, 0.15) is 15.9 Å². The number of allylic oxidation sites excluding steroid dienone is 1. The number of aromatic amines is 1. The molecule has 3 rings (SSSR count). The van der Waals surface area contributed by atoms with E-state index in [1.54, 1.807) is 48.9 Å². The first-order valence-electron chi connectivity index (χ1n) is 6.52. The molecule has 0 amide bonds. The number of Topliss-reactive ketones (excluding diaryl/α,β-unsaturated/α-hetero) is 1. The monoisotopic (exact) mass is 307 g/mol. The number of hydrogen-bond acceptors (Lipinski definition) is 3. The SMILES string of the molecule is N#C/C(=C\c1cccnc1)C(=O)c1c[nH]c2cc(Cl)ccc12. The molecule has 0 bridgehead atoms. The maximum Gasteiger partial charge on any atom is 0.205 e. The third kappa shape index (κ3) is 2.62. The van der Waals surface area contributed by atoms with E-state index in [0.717, 1.165) is 10.9 Å². The summed E-state index contributed by atoms with van der Waals surface area (Å²) in [5, 5.41) is 10.6. The molecule has 5 heteroatoms. The minimum Gasteiger partial charge on any atom is -0.360 e. The van der Waals surface area contributed by atoms with Crippen LogP contribution < -0.4 is 0 Å². The predicted octanol–water partition coefficient (Wildman–Crippen LogP) is 4.01. The van der Waals surface area contributed by atoms with Crippen LogP contribution in [-0.2, 0) is 0 Å². The molecule has 0 aliphatic carbocycles. The van der Waals surface area contributed by atoms with E-state index in [0.29, 0.717) is 16.1 Å². The average Bonchev–Trinajstić information content (AvgIpc) is 2.95. The lowest BCUT2D eigenvalue weighted by Gasteiger charge is -1.99. The largest absolute Gasteiger partial charge is 0.360 e. The Labute approximate surface area is 131 Å². The van der Waals surface area contributed by atoms with Gasteiger partial charge >= 0.3 is 0 Å². The van der Waals surface area contributed by atoms with E-state index in [4.69, 9.17) is 11.6 Å². The highest BCUT2D eigenvalue weighted by Gasteiger charge is 2.16. The van der Waals surface area contributed by atoms with Gasteiger partial charge in [-0.25, -0.2) is 0 Å². The molecule has 0 aliphatic rings. The van der Waals surface area contributed by atoms with Gasteiger partial charge < -0.3 is 4.98 Å². The van der Waals surface area contributed by atoms with Crippen molar-refractivity contribution in [1.29, 1.82) is 5.26 Å². The molecular weight excluding hydrogens is 298 g/mol. The van der Waals surface area contributed by atoms with Crippen molar-refractivity contribution < 1.29 is 4.79 Å². The third-order valence-electron chi connectivity index (χ3n) is 3.25. The zero-order valence-corrected chi connectivity index (χ0v) is 12.1. The Morgan fingerprint density at radius 1 is 1.36 bits per heavy atom. The fourth-order valence-corrected chi connectivity index (χ4v) is 2.38. The number of carbonyl (C=O) groups is 1. The summed E-state index contributed by atoms with van der Waals surface area (Å²) in [6.45, 7) is 0. The molecule has 0 aliphatic heterocycles. The normalized spacial score (nSPS) is 11.4. The molecule has 0 radical (unpaired) electrons. The van der Waals surface area contributed by atoms with Gasteiger partial charge in [0.2, 0.25) is 5.78 Å². The molecule has 3 aromatic rings. The van der Waals surface area contributed by atoms with Crippen LogP contribution in [0.15, 0.2) is 54.5 Å². The third-order valence-corrected chi connectivity index (χ3v) is 3.48. The molecule has 0 spiro atoms. The molecule has 4 nitrogen and oxygen atoms in total. The Hall–Kier alpha value is -2.90. The minimum atomic E-state index is -0.333. The van der Waals surface area contributed by atoms with Crippen LogP contribution >= 0.6 is 11.6 Å². The van der Waals surface area contributed by atoms with E-state index in [-0.39, 0.29) is 11.4 Å². The summed E-state index contributed by atoms with van der Waals surface area (Å²) in [5.41, 5.74) is 1.97. The second kappa shape index (κ2) is 5.84. The lowest BCUT2D eigenvalue weighted by atomic mass is 10.0. The van der Waals surface area contributed by atoms with Gasteiger partial charge in [-0.05, 0) is 29.8 Å². The summed E-state index contributed by atoms with van der Waals surface area (Å²) in [5.74, 6) is -0.333. The zero-order chi connectivity index (χ0) is 15.5. The van der Waals surface area contributed by atoms with Gasteiger partial charge in [0.05, 0.1) is 0 Å². The van der Waals surface area contributed by atoms with Gasteiger partial charge in [0.15, 0.2) is 0 Å². The number of benzene rings is 1. The molecule has 0 fully saturated rings. The molecule has 2 heterocycles. The van der Waals surface area contributed by atoms with Gasteiger partial charge in [0.1, 0.15) is 11.6 Å². The Balaban J connectivity index is 2.04. The number of ketones is 1. The number of hydrogen-bond donors (Lipinski definition) is 1. The summed E-state index contributed by atoms with van der Waals surface area (Å²) in [6, 6.07) is 10.7. The van der Waals surface area contributed by atoms with Crippen LogP contribution in [0.3, 0.4) is 0 Å². The van der Waals surface area contributed by atoms with Crippen LogP contribution in [0, 0.1) is 11.3 Å². The summed E-state index contributed by atoms with van der Waals surface area (Å²) in [6.07, 6.45) is 6.36. The molecule has 1 N–H and O–H groups in total. The number of rotatable bonds is 3. The minimum absolute atomic E-state index is 0.0591. The smallest absolute Gasteiger partial charge is 0.205 e. The van der Waals surface area contributed by atoms with Crippen molar-refractivity contribution in [1.82, 2.24) is 9.97 Å². The Morgan fingerprint density at radius 2 is 2.23 bits per heavy atom. The first kappa shape index (κ1) is 14.1. The highest BCUT2D eigenvalue weighted by Crippen LogP contribution is 2.24. The number of nitrogens with one attached hydrogen (secondary N) is 1. The molecular formula is C17H10ClN3O. The van der Waals surface area contributed by atoms with Crippen molar-refractivity contribution in [2.24, 2.45) is 0 Å². The number of carbonyl (C=O) groups excluding carboxylic acids is 1. The Bertz CT molecular complexity index is 920. The van der Waals surface area contributed by atoms with Gasteiger partial charge in [-0.15, -0.1) is 0 Å². The van der Waals surface area contributed by atoms with E-state index in [1.807, 2.05) is 6.07 Å². The number of nitrogens with zero attached hydrogens (tertiary/aromatic N) is 2. The quantitative estimate of drug-likeness (QED) is 0.451. The molecule has 106 valence electrons. The number of aromatic nitrogens is 2. The number of fused-ring (bicyclic) bond motifs is 1. The number of halogens is 1. The highest BCUT2D eigenvalue weighted by molar-refractivity contribution is 6.31. The van der Waals surface area contributed by atoms with Crippen molar-refractivity contribution in [3.63, 3.8) is 0 Å². The van der Waals surface area contributed by atoms with E-state index in [1.165, 1.54) is 6.08 Å². The summed E-state index contributed by atoms with van der Waals surface area (Å²) in [4.78, 5) is 19.5. The van der Waals surface area contributed by atoms with Crippen LogP contribution in [0.25, 0.3) is 17.0 Å². The van der Waals surface area contributed by atoms with Crippen molar-refractivity contribution in [3.05, 3.63) is 70.6 Å². The molecule has 1 aromatic carbocycles. The van der Waals surface area contributed by atoms with Gasteiger partial charge in [0.25, 0.3) is 0 Å². The fraction of sp³-hybridized carbons (Fsp3) is 0. The van der Waals surface area contributed by atoms with E-state index < -0.39 is 0 Å². The molecule has 0 saturated heterocycles. The second-order valence-corrected chi connectivity index (χ2v) is 5.11. The van der Waals surface area contributed by atoms with Crippen LogP contribution in [0.2, 0.25) is 5.02 Å². The number of pyridine rings is 1. The predicted molar refractivity (Wildman–Crippen MR) is 85.5 cm³/mol. The Morgan fingerprint density at radius 3 is 2.95 bits per heavy atom. The van der Waals surface area contributed by atoms with E-state index >= 15 is 0 Å². The first-order chi connectivity index (χ1) is 10.7. The second-order valence-electron chi connectivity index (χ2n) is 4.68. The molecule has 0 unspecified atom stereocenters. The van der Waals surface area contributed by atoms with Crippen LogP contribution in [-0.4, -0.2) is 15.8 Å². The van der Waals surface area contributed by atoms with Crippen molar-refractivity contribution >= 4 is 34.4 Å². The van der Waals surface area contributed by atoms with E-state index in [9.17, 15) is 10.1 Å². The summed E-state index contributed by atoms with van der Waals surface area (Å²) >= 11 is 5.93. The van der Waals surface area contributed by atoms with Crippen molar-refractivity contribution in [2.75, 3.05) is 0 Å². The Kier molecular flexibility index (Phi) is 3.73. The van der Waals surface area contributed by atoms with Gasteiger partial charge in [-0.3, -0.25) is 9.78 Å². The van der Waals surface area contributed by atoms with Crippen molar-refractivity contribution in [3.8, 4) is 6.07 Å². The zero-order valence-electron chi connectivity index (χ0n) is 11.4. The van der Waals surface area contributed by atoms with Gasteiger partial charge in [-0.2, -0.15) is 5.26 Å². The average molecular weight is 308 g/mol. The van der Waals surface area contributed by atoms with Gasteiger partial charge in [-0.1, -0.05) is 23.7 Å². The number of nitriles is 1. The van der Waals surface area contributed by atoms with E-state index in [2.05, 4.69) is 9.97 Å². The first-order valence-corrected chi connectivity index (χ1v) is 6.90. The lowest BCUT2D eigenvalue weighted by molar-refractivity contribution is 0.104. The van der Waals surface area contributed by atoms with Crippen LogP contribution in [0.5, 0.6) is 0 Å². The maximum atomic E-state index is 12.6. The summed E-state index contributed by atoms with van der Waals surface area (Å²) in [7, 11) is 0. The maximum absolute atomic E-state index is 12.6. The highest BCUT2D eigenvalue weighted by atomic mass is 35.5. The molecule has 2 aromatic heterocycles. The summed E-state index contributed by atoms with van der Waals surface area (Å²) < 4.78 is 0. The van der Waals surface area contributed by atoms with Gasteiger partial charge in [0, 0.05) is 40.1 Å². The topological polar surface area (TPSA) is 69.5 Å². The number of H-pyrrole nitrogens is 1. The molecule has 22 heavy (non-hydrogen) atoms. The fourth-order valence-electron chi connectivity index (χ4n) is 2.21. The lowest BCUT2D eigenvalue weighted by Crippen LogP contribution is -2.01. The van der Waals surface area contributed by atoms with Crippen molar-refractivity contribution in [2.45, 2.75) is 0 Å². The molecule has 0 atom stereocenters.